The number of nitrogens with two attached hydrogens (primary N) is 1. The molecule has 0 bridgehead atoms. The molecule has 0 aromatic heterocycles. The van der Waals surface area contributed by atoms with Crippen molar-refractivity contribution in [3.8, 4) is 0 Å². The molecule has 1 aliphatic heterocycles. The van der Waals surface area contributed by atoms with Gasteiger partial charge in [-0.3, -0.25) is 4.99 Å². The number of rotatable bonds is 2. The van der Waals surface area contributed by atoms with Crippen LogP contribution in [0.25, 0.3) is 0 Å². The monoisotopic (exact) mass is 253 g/mol. The van der Waals surface area contributed by atoms with Crippen LogP contribution in [0.4, 0.5) is 0 Å². The Balaban J connectivity index is 0.00000144. The number of hydrogen-bond donors (Lipinski definition) is 2. The Kier molecular flexibility index (Phi) is 4.54. The van der Waals surface area contributed by atoms with E-state index in [1.807, 2.05) is 0 Å². The molecule has 0 fully saturated rings. The number of nitrogens with one attached hydrogen (secondary N) is 1. The van der Waals surface area contributed by atoms with Crippen molar-refractivity contribution < 1.29 is 0 Å². The van der Waals surface area contributed by atoms with E-state index in [0.717, 1.165) is 18.9 Å². The molecule has 1 unspecified atom stereocenters. The fraction of sp³-hybridized carbons (Fsp3) is 0.462. The lowest BCUT2D eigenvalue weighted by Gasteiger charge is -2.18. The van der Waals surface area contributed by atoms with Crippen LogP contribution in [0.2, 0.25) is 0 Å². The van der Waals surface area contributed by atoms with Crippen LogP contribution in [0.5, 0.6) is 0 Å². The van der Waals surface area contributed by atoms with E-state index in [1.165, 1.54) is 22.3 Å². The summed E-state index contributed by atoms with van der Waals surface area (Å²) in [5.74, 6) is 0.923. The van der Waals surface area contributed by atoms with E-state index in [0.29, 0.717) is 0 Å². The van der Waals surface area contributed by atoms with Crippen LogP contribution < -0.4 is 11.1 Å². The molecular formula is C13H20ClN3. The Hall–Kier alpha value is -1.06. The summed E-state index contributed by atoms with van der Waals surface area (Å²) in [5, 5.41) is 3.24. The van der Waals surface area contributed by atoms with Gasteiger partial charge < -0.3 is 11.1 Å². The third-order valence-electron chi connectivity index (χ3n) is 3.43. The van der Waals surface area contributed by atoms with Crippen LogP contribution in [0, 0.1) is 20.8 Å². The Morgan fingerprint density at radius 3 is 2.53 bits per heavy atom. The molecule has 1 aromatic rings. The van der Waals surface area contributed by atoms with Crippen molar-refractivity contribution in [1.82, 2.24) is 5.32 Å². The molecule has 94 valence electrons. The summed E-state index contributed by atoms with van der Waals surface area (Å²) in [7, 11) is 0. The molecule has 1 aromatic carbocycles. The van der Waals surface area contributed by atoms with Gasteiger partial charge in [-0.2, -0.15) is 0 Å². The fourth-order valence-electron chi connectivity index (χ4n) is 2.09. The van der Waals surface area contributed by atoms with Crippen LogP contribution in [0.15, 0.2) is 17.1 Å². The molecule has 0 saturated carbocycles. The molecule has 0 radical (unpaired) electrons. The molecule has 4 heteroatoms. The Morgan fingerprint density at radius 2 is 1.94 bits per heavy atom. The molecule has 1 aliphatic rings. The van der Waals surface area contributed by atoms with Gasteiger partial charge in [0.05, 0.1) is 12.6 Å². The van der Waals surface area contributed by atoms with Crippen molar-refractivity contribution in [3.63, 3.8) is 0 Å². The number of aryl methyl sites for hydroxylation is 1. The number of nitrogens with zero attached hydrogens (tertiary/aromatic N) is 1. The quantitative estimate of drug-likeness (QED) is 0.848. The minimum absolute atomic E-state index is 0. The van der Waals surface area contributed by atoms with Gasteiger partial charge in [0, 0.05) is 6.54 Å². The Labute approximate surface area is 109 Å². The number of benzene rings is 1. The largest absolute Gasteiger partial charge is 0.370 e. The predicted molar refractivity (Wildman–Crippen MR) is 75.1 cm³/mol. The van der Waals surface area contributed by atoms with E-state index in [-0.39, 0.29) is 18.4 Å². The molecule has 0 spiro atoms. The molecule has 0 aliphatic carbocycles. The zero-order valence-corrected chi connectivity index (χ0v) is 11.4. The first-order valence-corrected chi connectivity index (χ1v) is 5.71. The van der Waals surface area contributed by atoms with Gasteiger partial charge in [0.2, 0.25) is 0 Å². The average Bonchev–Trinajstić information content (AvgIpc) is 2.79. The summed E-state index contributed by atoms with van der Waals surface area (Å²) in [5.41, 5.74) is 11.3. The van der Waals surface area contributed by atoms with Crippen molar-refractivity contribution in [3.05, 3.63) is 34.4 Å². The predicted octanol–water partition coefficient (Wildman–Crippen LogP) is 2.04. The number of aliphatic imine (C=N–C) groups is 1. The molecule has 0 amide bonds. The van der Waals surface area contributed by atoms with Gasteiger partial charge in [-0.05, 0) is 43.0 Å². The van der Waals surface area contributed by atoms with Crippen molar-refractivity contribution in [1.29, 1.82) is 0 Å². The lowest BCUT2D eigenvalue weighted by molar-refractivity contribution is 0.883. The average molecular weight is 254 g/mol. The molecule has 3 N–H and O–H groups in total. The lowest BCUT2D eigenvalue weighted by Crippen LogP contribution is -2.31. The van der Waals surface area contributed by atoms with E-state index in [4.69, 9.17) is 5.73 Å². The third-order valence-corrected chi connectivity index (χ3v) is 3.43. The molecule has 17 heavy (non-hydrogen) atoms. The summed E-state index contributed by atoms with van der Waals surface area (Å²) < 4.78 is 0. The molecule has 1 heterocycles. The van der Waals surface area contributed by atoms with Crippen LogP contribution >= 0.6 is 12.4 Å². The van der Waals surface area contributed by atoms with E-state index in [9.17, 15) is 0 Å². The summed E-state index contributed by atoms with van der Waals surface area (Å²) >= 11 is 0. The number of amidine groups is 1. The maximum atomic E-state index is 6.23. The summed E-state index contributed by atoms with van der Waals surface area (Å²) in [6, 6.07) is 4.14. The van der Waals surface area contributed by atoms with Gasteiger partial charge in [-0.15, -0.1) is 12.4 Å². The smallest absolute Gasteiger partial charge is 0.118 e. The van der Waals surface area contributed by atoms with Crippen molar-refractivity contribution >= 4 is 18.2 Å². The second-order valence-electron chi connectivity index (χ2n) is 4.39. The van der Waals surface area contributed by atoms with Gasteiger partial charge in [0.15, 0.2) is 0 Å². The van der Waals surface area contributed by atoms with Gasteiger partial charge >= 0.3 is 0 Å². The minimum Gasteiger partial charge on any atom is -0.370 e. The zero-order chi connectivity index (χ0) is 11.7. The van der Waals surface area contributed by atoms with E-state index >= 15 is 0 Å². The highest BCUT2D eigenvalue weighted by Gasteiger charge is 2.18. The molecule has 2 rings (SSSR count). The van der Waals surface area contributed by atoms with E-state index < -0.39 is 0 Å². The fourth-order valence-corrected chi connectivity index (χ4v) is 2.09. The number of hydrogen-bond acceptors (Lipinski definition) is 3. The highest BCUT2D eigenvalue weighted by atomic mass is 35.5. The summed E-state index contributed by atoms with van der Waals surface area (Å²) in [6.07, 6.45) is 0. The lowest BCUT2D eigenvalue weighted by atomic mass is 9.94. The van der Waals surface area contributed by atoms with E-state index in [2.05, 4.69) is 43.2 Å². The second-order valence-corrected chi connectivity index (χ2v) is 4.39. The summed E-state index contributed by atoms with van der Waals surface area (Å²) in [4.78, 5) is 4.39. The highest BCUT2D eigenvalue weighted by molar-refractivity contribution is 5.90. The van der Waals surface area contributed by atoms with Crippen LogP contribution in [0.1, 0.15) is 28.3 Å². The van der Waals surface area contributed by atoms with Crippen molar-refractivity contribution in [2.45, 2.75) is 26.8 Å². The second kappa shape index (κ2) is 5.52. The molecule has 0 saturated heterocycles. The van der Waals surface area contributed by atoms with Crippen molar-refractivity contribution in [2.75, 3.05) is 13.1 Å². The standard InChI is InChI=1S/C13H19N3.ClH/c1-8-4-5-11(10(3)9(8)2)12(14)13-15-6-7-16-13;/h4-5,12H,6-7,14H2,1-3H3,(H,15,16);1H. The maximum absolute atomic E-state index is 6.23. The first kappa shape index (κ1) is 14.0. The molecule has 1 atom stereocenters. The zero-order valence-electron chi connectivity index (χ0n) is 10.6. The Bertz CT molecular complexity index is 441. The first-order chi connectivity index (χ1) is 7.61. The summed E-state index contributed by atoms with van der Waals surface area (Å²) in [6.45, 7) is 8.15. The molecular weight excluding hydrogens is 234 g/mol. The van der Waals surface area contributed by atoms with Crippen LogP contribution in [-0.4, -0.2) is 18.9 Å². The first-order valence-electron chi connectivity index (χ1n) is 5.71. The van der Waals surface area contributed by atoms with Gasteiger partial charge in [0.1, 0.15) is 5.84 Å². The number of halogens is 1. The van der Waals surface area contributed by atoms with Crippen molar-refractivity contribution in [2.24, 2.45) is 10.7 Å². The van der Waals surface area contributed by atoms with E-state index in [1.54, 1.807) is 0 Å². The normalized spacial score (nSPS) is 15.9. The van der Waals surface area contributed by atoms with Gasteiger partial charge in [0.25, 0.3) is 0 Å². The third kappa shape index (κ3) is 2.61. The highest BCUT2D eigenvalue weighted by Crippen LogP contribution is 2.22. The minimum atomic E-state index is -0.109. The topological polar surface area (TPSA) is 50.4 Å². The van der Waals surface area contributed by atoms with Gasteiger partial charge in [-0.25, -0.2) is 0 Å². The molecule has 3 nitrogen and oxygen atoms in total. The Morgan fingerprint density at radius 1 is 1.24 bits per heavy atom. The maximum Gasteiger partial charge on any atom is 0.118 e. The van der Waals surface area contributed by atoms with Crippen LogP contribution in [-0.2, 0) is 0 Å². The SMILES string of the molecule is Cc1ccc(C(N)C2=NCCN2)c(C)c1C.Cl. The van der Waals surface area contributed by atoms with Crippen LogP contribution in [0.3, 0.4) is 0 Å². The van der Waals surface area contributed by atoms with Gasteiger partial charge in [-0.1, -0.05) is 12.1 Å².